The van der Waals surface area contributed by atoms with Crippen molar-refractivity contribution in [3.05, 3.63) is 17.0 Å². The van der Waals surface area contributed by atoms with Crippen LogP contribution >= 0.6 is 0 Å². The smallest absolute Gasteiger partial charge is 0.0631 e. The Bertz CT molecular complexity index is 377. The molecule has 0 saturated heterocycles. The Kier molecular flexibility index (Phi) is 3.35. The summed E-state index contributed by atoms with van der Waals surface area (Å²) in [6, 6.07) is 0. The van der Waals surface area contributed by atoms with Crippen LogP contribution in [0.15, 0.2) is 0 Å². The predicted octanol–water partition coefficient (Wildman–Crippen LogP) is 2.55. The SMILES string of the molecule is CC#CCC(C)c1c(C)nn(C)c1C. The minimum Gasteiger partial charge on any atom is -0.272 e. The van der Waals surface area contributed by atoms with Crippen LogP contribution in [-0.2, 0) is 7.05 Å². The third kappa shape index (κ3) is 1.98. The summed E-state index contributed by atoms with van der Waals surface area (Å²) >= 11 is 0. The molecule has 0 saturated carbocycles. The molecule has 1 unspecified atom stereocenters. The van der Waals surface area contributed by atoms with E-state index < -0.39 is 0 Å². The molecule has 0 bridgehead atoms. The summed E-state index contributed by atoms with van der Waals surface area (Å²) in [4.78, 5) is 0. The zero-order chi connectivity index (χ0) is 10.7. The Morgan fingerprint density at radius 3 is 2.50 bits per heavy atom. The molecule has 0 aromatic carbocycles. The molecule has 1 atom stereocenters. The summed E-state index contributed by atoms with van der Waals surface area (Å²) in [5.41, 5.74) is 3.75. The van der Waals surface area contributed by atoms with Crippen molar-refractivity contribution < 1.29 is 0 Å². The van der Waals surface area contributed by atoms with Gasteiger partial charge in [-0.3, -0.25) is 4.68 Å². The molecule has 0 aliphatic heterocycles. The zero-order valence-electron chi connectivity index (χ0n) is 9.68. The fourth-order valence-corrected chi connectivity index (χ4v) is 1.86. The molecule has 1 rings (SSSR count). The first kappa shape index (κ1) is 10.8. The maximum absolute atomic E-state index is 4.41. The maximum atomic E-state index is 4.41. The molecule has 1 aromatic heterocycles. The van der Waals surface area contributed by atoms with E-state index in [9.17, 15) is 0 Å². The van der Waals surface area contributed by atoms with Crippen molar-refractivity contribution in [2.75, 3.05) is 0 Å². The van der Waals surface area contributed by atoms with Crippen LogP contribution in [-0.4, -0.2) is 9.78 Å². The van der Waals surface area contributed by atoms with Gasteiger partial charge in [0.25, 0.3) is 0 Å². The fraction of sp³-hybridized carbons (Fsp3) is 0.583. The highest BCUT2D eigenvalue weighted by Crippen LogP contribution is 2.24. The van der Waals surface area contributed by atoms with Crippen molar-refractivity contribution in [3.63, 3.8) is 0 Å². The van der Waals surface area contributed by atoms with Crippen molar-refractivity contribution >= 4 is 0 Å². The average molecular weight is 190 g/mol. The van der Waals surface area contributed by atoms with E-state index in [2.05, 4.69) is 37.7 Å². The Hall–Kier alpha value is -1.23. The van der Waals surface area contributed by atoms with Gasteiger partial charge >= 0.3 is 0 Å². The quantitative estimate of drug-likeness (QED) is 0.655. The third-order valence-electron chi connectivity index (χ3n) is 2.64. The monoisotopic (exact) mass is 190 g/mol. The van der Waals surface area contributed by atoms with E-state index in [4.69, 9.17) is 0 Å². The van der Waals surface area contributed by atoms with Crippen molar-refractivity contribution in [2.45, 2.75) is 40.0 Å². The number of aryl methyl sites for hydroxylation is 2. The standard InChI is InChI=1S/C12H18N2/c1-6-7-8-9(2)12-10(3)13-14(5)11(12)4/h9H,8H2,1-5H3. The molecular weight excluding hydrogens is 172 g/mol. The summed E-state index contributed by atoms with van der Waals surface area (Å²) < 4.78 is 1.94. The Morgan fingerprint density at radius 1 is 1.43 bits per heavy atom. The zero-order valence-corrected chi connectivity index (χ0v) is 9.68. The molecule has 2 nitrogen and oxygen atoms in total. The molecule has 0 spiro atoms. The van der Waals surface area contributed by atoms with Crippen LogP contribution in [0.4, 0.5) is 0 Å². The van der Waals surface area contributed by atoms with Gasteiger partial charge in [0.1, 0.15) is 0 Å². The van der Waals surface area contributed by atoms with Gasteiger partial charge in [-0.1, -0.05) is 6.92 Å². The molecule has 0 aliphatic rings. The van der Waals surface area contributed by atoms with E-state index in [1.165, 1.54) is 11.3 Å². The van der Waals surface area contributed by atoms with E-state index >= 15 is 0 Å². The van der Waals surface area contributed by atoms with E-state index in [0.717, 1.165) is 12.1 Å². The lowest BCUT2D eigenvalue weighted by molar-refractivity contribution is 0.724. The van der Waals surface area contributed by atoms with Gasteiger partial charge in [0.15, 0.2) is 0 Å². The molecule has 0 radical (unpaired) electrons. The van der Waals surface area contributed by atoms with Crippen LogP contribution in [0.2, 0.25) is 0 Å². The topological polar surface area (TPSA) is 17.8 Å². The molecular formula is C12H18N2. The molecule has 0 amide bonds. The van der Waals surface area contributed by atoms with Gasteiger partial charge in [-0.15, -0.1) is 11.8 Å². The van der Waals surface area contributed by atoms with E-state index in [0.29, 0.717) is 5.92 Å². The Morgan fingerprint density at radius 2 is 2.07 bits per heavy atom. The second-order valence-electron chi connectivity index (χ2n) is 3.74. The van der Waals surface area contributed by atoms with Crippen molar-refractivity contribution in [3.8, 4) is 11.8 Å². The third-order valence-corrected chi connectivity index (χ3v) is 2.64. The molecule has 14 heavy (non-hydrogen) atoms. The predicted molar refractivity (Wildman–Crippen MR) is 59.2 cm³/mol. The fourth-order valence-electron chi connectivity index (χ4n) is 1.86. The highest BCUT2D eigenvalue weighted by Gasteiger charge is 2.14. The van der Waals surface area contributed by atoms with Crippen LogP contribution in [0.25, 0.3) is 0 Å². The Balaban J connectivity index is 2.97. The normalized spacial score (nSPS) is 12.1. The first-order valence-corrected chi connectivity index (χ1v) is 4.97. The summed E-state index contributed by atoms with van der Waals surface area (Å²) in [6.07, 6.45) is 0.921. The van der Waals surface area contributed by atoms with Crippen molar-refractivity contribution in [2.24, 2.45) is 7.05 Å². The lowest BCUT2D eigenvalue weighted by Crippen LogP contribution is -1.97. The van der Waals surface area contributed by atoms with E-state index in [1.54, 1.807) is 0 Å². The maximum Gasteiger partial charge on any atom is 0.0631 e. The molecule has 1 aromatic rings. The van der Waals surface area contributed by atoms with Gasteiger partial charge in [-0.05, 0) is 32.3 Å². The van der Waals surface area contributed by atoms with Gasteiger partial charge in [-0.25, -0.2) is 0 Å². The second-order valence-corrected chi connectivity index (χ2v) is 3.74. The van der Waals surface area contributed by atoms with Crippen LogP contribution < -0.4 is 0 Å². The van der Waals surface area contributed by atoms with Crippen LogP contribution in [0, 0.1) is 25.7 Å². The Labute approximate surface area is 86.3 Å². The number of hydrogen-bond donors (Lipinski definition) is 0. The van der Waals surface area contributed by atoms with E-state index in [-0.39, 0.29) is 0 Å². The lowest BCUT2D eigenvalue weighted by Gasteiger charge is -2.08. The van der Waals surface area contributed by atoms with Crippen LogP contribution in [0.3, 0.4) is 0 Å². The number of hydrogen-bond acceptors (Lipinski definition) is 1. The molecule has 0 aliphatic carbocycles. The minimum atomic E-state index is 0.483. The van der Waals surface area contributed by atoms with Gasteiger partial charge in [0, 0.05) is 19.2 Å². The van der Waals surface area contributed by atoms with Gasteiger partial charge in [0.05, 0.1) is 5.69 Å². The molecule has 0 fully saturated rings. The number of aromatic nitrogens is 2. The van der Waals surface area contributed by atoms with Crippen LogP contribution in [0.5, 0.6) is 0 Å². The number of rotatable bonds is 2. The van der Waals surface area contributed by atoms with Crippen molar-refractivity contribution in [1.82, 2.24) is 9.78 Å². The summed E-state index contributed by atoms with van der Waals surface area (Å²) in [6.45, 7) is 8.28. The van der Waals surface area contributed by atoms with Gasteiger partial charge in [0.2, 0.25) is 0 Å². The highest BCUT2D eigenvalue weighted by molar-refractivity contribution is 5.29. The van der Waals surface area contributed by atoms with Crippen molar-refractivity contribution in [1.29, 1.82) is 0 Å². The molecule has 76 valence electrons. The first-order valence-electron chi connectivity index (χ1n) is 4.97. The van der Waals surface area contributed by atoms with Crippen LogP contribution in [0.1, 0.15) is 43.1 Å². The number of nitrogens with zero attached hydrogens (tertiary/aromatic N) is 2. The second kappa shape index (κ2) is 4.32. The van der Waals surface area contributed by atoms with Gasteiger partial charge < -0.3 is 0 Å². The highest BCUT2D eigenvalue weighted by atomic mass is 15.3. The summed E-state index contributed by atoms with van der Waals surface area (Å²) in [5, 5.41) is 4.41. The van der Waals surface area contributed by atoms with Gasteiger partial charge in [-0.2, -0.15) is 5.10 Å². The largest absolute Gasteiger partial charge is 0.272 e. The summed E-state index contributed by atoms with van der Waals surface area (Å²) in [7, 11) is 1.99. The molecule has 2 heteroatoms. The van der Waals surface area contributed by atoms with E-state index in [1.807, 2.05) is 18.7 Å². The minimum absolute atomic E-state index is 0.483. The first-order chi connectivity index (χ1) is 6.57. The summed E-state index contributed by atoms with van der Waals surface area (Å²) in [5.74, 6) is 6.54. The molecule has 1 heterocycles. The molecule has 0 N–H and O–H groups in total. The lowest BCUT2D eigenvalue weighted by atomic mass is 9.96. The average Bonchev–Trinajstić information content (AvgIpc) is 2.38.